The molecule has 0 aliphatic heterocycles. The second-order valence-electron chi connectivity index (χ2n) is 16.0. The molecule has 8 amide bonds. The summed E-state index contributed by atoms with van der Waals surface area (Å²) in [4.78, 5) is 120. The number of aliphatic imine (C=N–C) groups is 1. The molecule has 0 saturated heterocycles. The fourth-order valence-electron chi connectivity index (χ4n) is 7.08. The number of carbonyl (C=O) groups excluding carboxylic acids is 8. The van der Waals surface area contributed by atoms with E-state index >= 15 is 0 Å². The number of guanidine groups is 1. The Morgan fingerprint density at radius 2 is 1.30 bits per heavy atom. The molecule has 1 unspecified atom stereocenters. The normalized spacial score (nSPS) is 13.6. The van der Waals surface area contributed by atoms with Crippen molar-refractivity contribution >= 4 is 64.1 Å². The maximum atomic E-state index is 14.3. The van der Waals surface area contributed by atoms with E-state index in [0.717, 1.165) is 22.9 Å². The Morgan fingerprint density at radius 1 is 0.672 bits per heavy atom. The Hall–Kier alpha value is -7.78. The van der Waals surface area contributed by atoms with Crippen LogP contribution in [0.15, 0.2) is 78.3 Å². The van der Waals surface area contributed by atoms with Crippen LogP contribution in [0.5, 0.6) is 0 Å². The molecule has 15 N–H and O–H groups in total. The number of aromatic amines is 2. The molecule has 0 saturated carbocycles. The van der Waals surface area contributed by atoms with Crippen LogP contribution in [0.4, 0.5) is 0 Å². The van der Waals surface area contributed by atoms with Crippen LogP contribution in [0.3, 0.4) is 0 Å². The number of amides is 8. The third kappa shape index (κ3) is 17.3. The number of primary amides is 1. The molecule has 67 heavy (non-hydrogen) atoms. The van der Waals surface area contributed by atoms with Crippen LogP contribution in [0, 0.1) is 0 Å². The number of fused-ring (bicyclic) bond motifs is 1. The molecule has 2 aromatic carbocycles. The quantitative estimate of drug-likeness (QED) is 0.0190. The molecule has 2 heterocycles. The van der Waals surface area contributed by atoms with E-state index in [1.165, 1.54) is 26.4 Å². The van der Waals surface area contributed by atoms with Crippen LogP contribution in [-0.2, 0) is 57.6 Å². The van der Waals surface area contributed by atoms with Crippen LogP contribution in [0.2, 0.25) is 0 Å². The van der Waals surface area contributed by atoms with Gasteiger partial charge in [-0.3, -0.25) is 43.3 Å². The number of nitrogens with one attached hydrogen (secondary N) is 9. The summed E-state index contributed by atoms with van der Waals surface area (Å²) in [6, 6.07) is 9.09. The van der Waals surface area contributed by atoms with Gasteiger partial charge in [-0.2, -0.15) is 0 Å². The van der Waals surface area contributed by atoms with Gasteiger partial charge in [0.2, 0.25) is 47.3 Å². The highest BCUT2D eigenvalue weighted by molar-refractivity contribution is 5.97. The number of carbonyl (C=O) groups is 8. The van der Waals surface area contributed by atoms with E-state index in [2.05, 4.69) is 57.2 Å². The molecule has 0 aliphatic rings. The van der Waals surface area contributed by atoms with Gasteiger partial charge in [0, 0.05) is 61.7 Å². The van der Waals surface area contributed by atoms with Gasteiger partial charge in [0.05, 0.1) is 12.9 Å². The van der Waals surface area contributed by atoms with Crippen LogP contribution < -0.4 is 54.4 Å². The number of unbranched alkanes of at least 4 members (excludes halogenated alkanes) is 1. The molecule has 2 aromatic heterocycles. The molecule has 4 aromatic rings. The number of para-hydroxylation sites is 1. The highest BCUT2D eigenvalue weighted by atomic mass is 16.2. The first-order chi connectivity index (χ1) is 32.0. The van der Waals surface area contributed by atoms with Gasteiger partial charge in [0.15, 0.2) is 5.96 Å². The Morgan fingerprint density at radius 3 is 1.96 bits per heavy atom. The van der Waals surface area contributed by atoms with Crippen LogP contribution in [-0.4, -0.2) is 118 Å². The third-order valence-corrected chi connectivity index (χ3v) is 10.6. The van der Waals surface area contributed by atoms with Crippen molar-refractivity contribution in [2.24, 2.45) is 22.2 Å². The number of benzene rings is 2. The van der Waals surface area contributed by atoms with Gasteiger partial charge < -0.3 is 64.4 Å². The fourth-order valence-corrected chi connectivity index (χ4v) is 7.08. The standard InChI is InChI=1S/C45H62N14O8/c1-4-5-15-33(55-27(3)60)41(64)52-24-38(61)56-37(21-30-23-49-25-53-30)44(67)59-36(19-28-12-7-6-8-13-28)43(66)57-34(17-11-18-50-45(47)48)42(65)54-26(2)40(63)58-35(39(46)62)20-29-22-51-32-16-10-9-14-31(29)32/h6-10,12-14,16,22-23,25-26,33-37,51H,4-5,11,15,17-21,24H2,1-3H3,(H2,46,62)(H,49,53)(H,52,64)(H,54,65)(H,55,60)(H,56,61)(H,57,66)(H,58,63)(H,59,67)(H4,47,48,50)/t26?,33-,34-,35-,36-,37-/m0/s1. The summed E-state index contributed by atoms with van der Waals surface area (Å²) in [6.07, 6.45) is 6.49. The number of nitrogens with zero attached hydrogens (tertiary/aromatic N) is 2. The molecule has 0 aliphatic carbocycles. The van der Waals surface area contributed by atoms with E-state index in [1.54, 1.807) is 36.5 Å². The first-order valence-corrected chi connectivity index (χ1v) is 22.0. The van der Waals surface area contributed by atoms with E-state index in [4.69, 9.17) is 17.2 Å². The molecule has 0 bridgehead atoms. The fraction of sp³-hybridized carbons (Fsp3) is 0.422. The lowest BCUT2D eigenvalue weighted by Gasteiger charge is -2.26. The first kappa shape index (κ1) is 51.9. The molecule has 360 valence electrons. The van der Waals surface area contributed by atoms with Crippen molar-refractivity contribution in [3.8, 4) is 0 Å². The van der Waals surface area contributed by atoms with E-state index in [0.29, 0.717) is 24.1 Å². The lowest BCUT2D eigenvalue weighted by molar-refractivity contribution is -0.135. The minimum absolute atomic E-state index is 0.00929. The van der Waals surface area contributed by atoms with E-state index in [-0.39, 0.29) is 44.6 Å². The van der Waals surface area contributed by atoms with Crippen LogP contribution in [0.25, 0.3) is 10.9 Å². The summed E-state index contributed by atoms with van der Waals surface area (Å²) in [7, 11) is 0. The maximum Gasteiger partial charge on any atom is 0.243 e. The summed E-state index contributed by atoms with van der Waals surface area (Å²) in [5, 5.41) is 19.2. The smallest absolute Gasteiger partial charge is 0.243 e. The largest absolute Gasteiger partial charge is 0.370 e. The Labute approximate surface area is 387 Å². The van der Waals surface area contributed by atoms with Crippen molar-refractivity contribution in [3.05, 3.63) is 90.1 Å². The summed E-state index contributed by atoms with van der Waals surface area (Å²) in [6.45, 7) is 4.19. The minimum atomic E-state index is -1.32. The highest BCUT2D eigenvalue weighted by Gasteiger charge is 2.32. The van der Waals surface area contributed by atoms with E-state index < -0.39 is 90.1 Å². The number of rotatable bonds is 27. The summed E-state index contributed by atoms with van der Waals surface area (Å²) < 4.78 is 0. The van der Waals surface area contributed by atoms with Crippen molar-refractivity contribution in [1.29, 1.82) is 0 Å². The van der Waals surface area contributed by atoms with Gasteiger partial charge >= 0.3 is 0 Å². The van der Waals surface area contributed by atoms with Gasteiger partial charge in [0.25, 0.3) is 0 Å². The van der Waals surface area contributed by atoms with Gasteiger partial charge in [-0.05, 0) is 43.4 Å². The molecule has 22 heteroatoms. The van der Waals surface area contributed by atoms with E-state index in [9.17, 15) is 38.4 Å². The molecule has 22 nitrogen and oxygen atoms in total. The SMILES string of the molecule is CCCC[C@H](NC(C)=O)C(=O)NCC(=O)N[C@@H](Cc1cnc[nH]1)C(=O)N[C@@H](Cc1ccccc1)C(=O)N[C@@H](CCCN=C(N)N)C(=O)NC(C)C(=O)N[C@@H](Cc1c[nH]c2ccccc12)C(N)=O. The van der Waals surface area contributed by atoms with Crippen molar-refractivity contribution in [2.75, 3.05) is 13.1 Å². The number of aromatic nitrogens is 3. The average Bonchev–Trinajstić information content (AvgIpc) is 3.97. The highest BCUT2D eigenvalue weighted by Crippen LogP contribution is 2.19. The lowest BCUT2D eigenvalue weighted by atomic mass is 10.0. The van der Waals surface area contributed by atoms with Crippen molar-refractivity contribution in [3.63, 3.8) is 0 Å². The summed E-state index contributed by atoms with van der Waals surface area (Å²) >= 11 is 0. The number of H-pyrrole nitrogens is 2. The predicted octanol–water partition coefficient (Wildman–Crippen LogP) is -1.29. The lowest BCUT2D eigenvalue weighted by Crippen LogP contribution is -2.59. The molecule has 6 atom stereocenters. The monoisotopic (exact) mass is 926 g/mol. The van der Waals surface area contributed by atoms with Crippen molar-refractivity contribution < 1.29 is 38.4 Å². The van der Waals surface area contributed by atoms with Gasteiger partial charge in [-0.1, -0.05) is 68.3 Å². The van der Waals surface area contributed by atoms with Crippen LogP contribution >= 0.6 is 0 Å². The van der Waals surface area contributed by atoms with Gasteiger partial charge in [0.1, 0.15) is 36.3 Å². The maximum absolute atomic E-state index is 14.3. The molecule has 0 fully saturated rings. The third-order valence-electron chi connectivity index (χ3n) is 10.6. The summed E-state index contributed by atoms with van der Waals surface area (Å²) in [5.41, 5.74) is 19.4. The zero-order valence-electron chi connectivity index (χ0n) is 37.9. The Bertz CT molecular complexity index is 2330. The molecule has 4 rings (SSSR count). The molecule has 0 radical (unpaired) electrons. The number of hydrogen-bond donors (Lipinski definition) is 12. The zero-order valence-corrected chi connectivity index (χ0v) is 37.9. The first-order valence-electron chi connectivity index (χ1n) is 22.0. The number of imidazole rings is 1. The van der Waals surface area contributed by atoms with Crippen LogP contribution in [0.1, 0.15) is 69.7 Å². The zero-order chi connectivity index (χ0) is 48.9. The molecule has 0 spiro atoms. The number of nitrogens with two attached hydrogens (primary N) is 3. The van der Waals surface area contributed by atoms with Crippen molar-refractivity contribution in [2.45, 2.75) is 108 Å². The molecular weight excluding hydrogens is 865 g/mol. The molecular formula is C45H62N14O8. The Kier molecular flexibility index (Phi) is 20.3. The second kappa shape index (κ2) is 26.2. The second-order valence-corrected chi connectivity index (χ2v) is 16.0. The predicted molar refractivity (Wildman–Crippen MR) is 249 cm³/mol. The topological polar surface area (TPSA) is 356 Å². The average molecular weight is 927 g/mol. The minimum Gasteiger partial charge on any atom is -0.370 e. The van der Waals surface area contributed by atoms with Gasteiger partial charge in [-0.15, -0.1) is 0 Å². The number of hydrogen-bond acceptors (Lipinski definition) is 10. The van der Waals surface area contributed by atoms with Gasteiger partial charge in [-0.25, -0.2) is 4.98 Å². The summed E-state index contributed by atoms with van der Waals surface area (Å²) in [5.74, 6) is -5.72. The van der Waals surface area contributed by atoms with E-state index in [1.807, 2.05) is 31.2 Å². The van der Waals surface area contributed by atoms with Crippen molar-refractivity contribution in [1.82, 2.24) is 52.2 Å². The Balaban J connectivity index is 1.51.